The maximum atomic E-state index is 16.6. The van der Waals surface area contributed by atoms with Crippen molar-refractivity contribution in [2.45, 2.75) is 68.7 Å². The van der Waals surface area contributed by atoms with Gasteiger partial charge >= 0.3 is 5.69 Å². The molecule has 4 aliphatic rings. The molecule has 53 heavy (non-hydrogen) atoms. The van der Waals surface area contributed by atoms with E-state index in [4.69, 9.17) is 0 Å². The van der Waals surface area contributed by atoms with Gasteiger partial charge in [-0.1, -0.05) is 12.1 Å². The fraction of sp³-hybridized carbons (Fsp3) is 0.432. The van der Waals surface area contributed by atoms with E-state index in [2.05, 4.69) is 30.4 Å². The summed E-state index contributed by atoms with van der Waals surface area (Å²) in [7, 11) is 0. The second-order valence-corrected chi connectivity index (χ2v) is 14.9. The Hall–Kier alpha value is -5.09. The van der Waals surface area contributed by atoms with Gasteiger partial charge in [0.2, 0.25) is 0 Å². The van der Waals surface area contributed by atoms with Crippen LogP contribution in [0.4, 0.5) is 28.9 Å². The summed E-state index contributed by atoms with van der Waals surface area (Å²) in [5.41, 5.74) is -2.40. The van der Waals surface area contributed by atoms with E-state index in [1.807, 2.05) is 48.5 Å². The van der Waals surface area contributed by atoms with Crippen LogP contribution in [0.25, 0.3) is 5.69 Å². The van der Waals surface area contributed by atoms with Crippen LogP contribution in [0.1, 0.15) is 50.3 Å². The van der Waals surface area contributed by atoms with Gasteiger partial charge < -0.3 is 20.0 Å². The van der Waals surface area contributed by atoms with Crippen molar-refractivity contribution >= 4 is 11.4 Å². The normalized spacial score (nSPS) is 23.5. The minimum absolute atomic E-state index is 0.114. The maximum Gasteiger partial charge on any atom is 0.350 e. The Morgan fingerprint density at radius 1 is 0.849 bits per heavy atom. The first-order valence-electron chi connectivity index (χ1n) is 17.6. The number of nitrogens with zero attached hydrogens (tertiary/aromatic N) is 9. The minimum Gasteiger partial charge on any atom is -0.391 e. The standard InChI is InChI=1S/C37H39F4N9O3/c1-24(25(2)51)50-33(52)49(23-43-50)30-10-8-29(9-11-30)47-15-13-46(14-16-47)28-6-3-26(4-7-28)34-18-35(19-34,20-34)37(40,41)36(53,21-48-22-42-44-45-48)31-12-5-27(38)17-32(31)39/h3-12,17,22-25,51,53H,13-16,18-21H2,1-2H3. The number of anilines is 2. The lowest BCUT2D eigenvalue weighted by Gasteiger charge is -2.74. The van der Waals surface area contributed by atoms with Crippen molar-refractivity contribution in [3.63, 3.8) is 0 Å². The minimum atomic E-state index is -3.79. The van der Waals surface area contributed by atoms with Gasteiger partial charge in [-0.2, -0.15) is 5.10 Å². The van der Waals surface area contributed by atoms with Gasteiger partial charge in [-0.05, 0) is 103 Å². The quantitative estimate of drug-likeness (QED) is 0.192. The molecule has 9 rings (SSSR count). The number of benzene rings is 3. The van der Waals surface area contributed by atoms with Gasteiger partial charge in [0.25, 0.3) is 5.92 Å². The first-order chi connectivity index (χ1) is 25.3. The van der Waals surface area contributed by atoms with Gasteiger partial charge in [-0.25, -0.2) is 36.3 Å². The summed E-state index contributed by atoms with van der Waals surface area (Å²) >= 11 is 0. The van der Waals surface area contributed by atoms with Crippen molar-refractivity contribution in [2.24, 2.45) is 5.41 Å². The Kier molecular flexibility index (Phi) is 8.25. The zero-order valence-corrected chi connectivity index (χ0v) is 29.2. The summed E-state index contributed by atoms with van der Waals surface area (Å²) in [6.07, 6.45) is 2.15. The van der Waals surface area contributed by atoms with E-state index in [9.17, 15) is 23.8 Å². The number of piperazine rings is 1. The number of rotatable bonds is 11. The number of aromatic nitrogens is 7. The largest absolute Gasteiger partial charge is 0.391 e. The summed E-state index contributed by atoms with van der Waals surface area (Å²) < 4.78 is 65.5. The average Bonchev–Trinajstić information content (AvgIpc) is 3.76. The number of aliphatic hydroxyl groups excluding tert-OH is 1. The summed E-state index contributed by atoms with van der Waals surface area (Å²) in [5, 5.41) is 36.2. The van der Waals surface area contributed by atoms with Gasteiger partial charge in [0, 0.05) is 54.6 Å². The monoisotopic (exact) mass is 733 g/mol. The summed E-state index contributed by atoms with van der Waals surface area (Å²) in [6.45, 7) is 5.63. The predicted octanol–water partition coefficient (Wildman–Crippen LogP) is 4.21. The Morgan fingerprint density at radius 3 is 1.98 bits per heavy atom. The van der Waals surface area contributed by atoms with Crippen LogP contribution in [0.5, 0.6) is 0 Å². The molecular formula is C37H39F4N9O3. The molecule has 16 heteroatoms. The second kappa shape index (κ2) is 12.5. The third-order valence-corrected chi connectivity index (χ3v) is 11.8. The predicted molar refractivity (Wildman–Crippen MR) is 186 cm³/mol. The van der Waals surface area contributed by atoms with Gasteiger partial charge in [0.05, 0.1) is 24.4 Å². The van der Waals surface area contributed by atoms with Gasteiger partial charge in [0.15, 0.2) is 5.60 Å². The Bertz CT molecular complexity index is 2140. The lowest BCUT2D eigenvalue weighted by atomic mass is 9.30. The molecule has 12 nitrogen and oxygen atoms in total. The summed E-state index contributed by atoms with van der Waals surface area (Å²) in [6, 6.07) is 17.5. The van der Waals surface area contributed by atoms with E-state index < -0.39 is 58.2 Å². The van der Waals surface area contributed by atoms with Crippen LogP contribution in [0, 0.1) is 17.0 Å². The number of tetrazole rings is 1. The highest BCUT2D eigenvalue weighted by atomic mass is 19.3. The van der Waals surface area contributed by atoms with Crippen LogP contribution in [-0.4, -0.2) is 83.0 Å². The molecule has 3 aromatic carbocycles. The molecule has 3 saturated carbocycles. The molecular weight excluding hydrogens is 694 g/mol. The number of alkyl halides is 2. The molecule has 4 fully saturated rings. The van der Waals surface area contributed by atoms with E-state index in [0.29, 0.717) is 11.8 Å². The molecule has 0 amide bonds. The zero-order chi connectivity index (χ0) is 37.3. The molecule has 2 bridgehead atoms. The number of aliphatic hydroxyl groups is 2. The molecule has 1 saturated heterocycles. The molecule has 278 valence electrons. The van der Waals surface area contributed by atoms with E-state index >= 15 is 8.78 Å². The van der Waals surface area contributed by atoms with Crippen LogP contribution in [0.2, 0.25) is 0 Å². The molecule has 2 aromatic heterocycles. The highest BCUT2D eigenvalue weighted by Gasteiger charge is 2.82. The Morgan fingerprint density at radius 2 is 1.43 bits per heavy atom. The maximum absolute atomic E-state index is 16.6. The SMILES string of the molecule is CC(O)C(C)n1ncn(-c2ccc(N3CCN(c4ccc(C56CC(C(F)(F)C(O)(Cn7cnnn7)c7ccc(F)cc7F)(C5)C6)cc4)CC3)cc2)c1=O. The fourth-order valence-electron chi connectivity index (χ4n) is 8.58. The van der Waals surface area contributed by atoms with Crippen molar-refractivity contribution < 1.29 is 27.8 Å². The van der Waals surface area contributed by atoms with Crippen molar-refractivity contribution in [2.75, 3.05) is 36.0 Å². The van der Waals surface area contributed by atoms with E-state index in [-0.39, 0.29) is 25.0 Å². The summed E-state index contributed by atoms with van der Waals surface area (Å²) in [4.78, 5) is 17.4. The lowest BCUT2D eigenvalue weighted by molar-refractivity contribution is -0.347. The van der Waals surface area contributed by atoms with Crippen LogP contribution in [0.3, 0.4) is 0 Å². The highest BCUT2D eigenvalue weighted by molar-refractivity contribution is 5.55. The number of halogens is 4. The molecule has 3 unspecified atom stereocenters. The van der Waals surface area contributed by atoms with Crippen LogP contribution in [-0.2, 0) is 17.6 Å². The van der Waals surface area contributed by atoms with Crippen molar-refractivity contribution in [1.29, 1.82) is 0 Å². The van der Waals surface area contributed by atoms with E-state index in [1.54, 1.807) is 13.8 Å². The highest BCUT2D eigenvalue weighted by Crippen LogP contribution is 2.80. The van der Waals surface area contributed by atoms with Gasteiger partial charge in [0.1, 0.15) is 24.3 Å². The zero-order valence-electron chi connectivity index (χ0n) is 29.2. The topological polar surface area (TPSA) is 130 Å². The van der Waals surface area contributed by atoms with Crippen molar-refractivity contribution in [1.82, 2.24) is 34.6 Å². The summed E-state index contributed by atoms with van der Waals surface area (Å²) in [5.74, 6) is -5.99. The smallest absolute Gasteiger partial charge is 0.350 e. The molecule has 3 aliphatic carbocycles. The third-order valence-electron chi connectivity index (χ3n) is 11.8. The molecule has 1 aliphatic heterocycles. The molecule has 0 radical (unpaired) electrons. The average molecular weight is 734 g/mol. The van der Waals surface area contributed by atoms with Gasteiger partial charge in [-0.3, -0.25) is 0 Å². The van der Waals surface area contributed by atoms with Gasteiger partial charge in [-0.15, -0.1) is 5.10 Å². The molecule has 0 spiro atoms. The Balaban J connectivity index is 0.907. The van der Waals surface area contributed by atoms with E-state index in [0.717, 1.165) is 66.3 Å². The van der Waals surface area contributed by atoms with Crippen molar-refractivity contribution in [3.8, 4) is 5.69 Å². The fourth-order valence-corrected chi connectivity index (χ4v) is 8.58. The molecule has 2 N–H and O–H groups in total. The lowest BCUT2D eigenvalue weighted by Crippen LogP contribution is -2.76. The Labute approximate surface area is 301 Å². The third kappa shape index (κ3) is 5.52. The van der Waals surface area contributed by atoms with Crippen LogP contribution in [0.15, 0.2) is 84.2 Å². The van der Waals surface area contributed by atoms with E-state index in [1.165, 1.54) is 15.6 Å². The number of hydrogen-bond donors (Lipinski definition) is 2. The molecule has 3 atom stereocenters. The first kappa shape index (κ1) is 35.0. The first-order valence-corrected chi connectivity index (χ1v) is 17.6. The van der Waals surface area contributed by atoms with Crippen molar-refractivity contribution in [3.05, 3.63) is 113 Å². The molecule has 5 aromatic rings. The van der Waals surface area contributed by atoms with Crippen LogP contribution >= 0.6 is 0 Å². The molecule has 3 heterocycles. The van der Waals surface area contributed by atoms with Crippen LogP contribution < -0.4 is 15.5 Å². The second-order valence-electron chi connectivity index (χ2n) is 14.9. The number of hydrogen-bond acceptors (Lipinski definition) is 9.